The highest BCUT2D eigenvalue weighted by Crippen LogP contribution is 2.41. The molecule has 0 saturated heterocycles. The van der Waals surface area contributed by atoms with Crippen LogP contribution < -0.4 is 15.3 Å². The lowest BCUT2D eigenvalue weighted by atomic mass is 10.00. The lowest BCUT2D eigenvalue weighted by Crippen LogP contribution is -2.26. The topological polar surface area (TPSA) is 115 Å². The monoisotopic (exact) mass is 596 g/mol. The van der Waals surface area contributed by atoms with Crippen molar-refractivity contribution in [1.82, 2.24) is 14.9 Å². The Balaban J connectivity index is 1.63. The first-order valence-corrected chi connectivity index (χ1v) is 15.0. The van der Waals surface area contributed by atoms with E-state index in [1.807, 2.05) is 36.4 Å². The molecule has 11 heteroatoms. The van der Waals surface area contributed by atoms with Crippen molar-refractivity contribution < 1.29 is 22.0 Å². The van der Waals surface area contributed by atoms with E-state index in [-0.39, 0.29) is 22.6 Å². The molecule has 0 atom stereocenters. The molecule has 1 amide bonds. The molecule has 9 nitrogen and oxygen atoms in total. The van der Waals surface area contributed by atoms with E-state index in [2.05, 4.69) is 10.3 Å². The fourth-order valence-corrected chi connectivity index (χ4v) is 5.53. The van der Waals surface area contributed by atoms with Crippen molar-refractivity contribution in [1.29, 1.82) is 0 Å². The second kappa shape index (κ2) is 10.5. The molecule has 0 aliphatic carbocycles. The number of fused-ring (bicyclic) bond motifs is 2. The van der Waals surface area contributed by atoms with Crippen molar-refractivity contribution in [2.24, 2.45) is 0 Å². The van der Waals surface area contributed by atoms with Crippen LogP contribution in [0.1, 0.15) is 10.4 Å². The van der Waals surface area contributed by atoms with Crippen molar-refractivity contribution >= 4 is 43.4 Å². The first kappa shape index (κ1) is 27.9. The van der Waals surface area contributed by atoms with Gasteiger partial charge in [0.25, 0.3) is 5.91 Å². The smallest absolute Gasteiger partial charge is 0.352 e. The van der Waals surface area contributed by atoms with Gasteiger partial charge in [-0.2, -0.15) is 0 Å². The van der Waals surface area contributed by atoms with Crippen LogP contribution in [0.4, 0.5) is 10.1 Å². The minimum atomic E-state index is -3.75. The third kappa shape index (κ3) is 5.04. The molecule has 0 bridgehead atoms. The highest BCUT2D eigenvalue weighted by molar-refractivity contribution is 7.92. The van der Waals surface area contributed by atoms with E-state index in [1.54, 1.807) is 18.3 Å². The van der Waals surface area contributed by atoms with E-state index in [4.69, 9.17) is 4.42 Å². The molecule has 2 aromatic heterocycles. The lowest BCUT2D eigenvalue weighted by Gasteiger charge is -2.21. The van der Waals surface area contributed by atoms with Crippen LogP contribution in [0.15, 0.2) is 100 Å². The summed E-state index contributed by atoms with van der Waals surface area (Å²) >= 11 is 0. The quantitative estimate of drug-likeness (QED) is 0.277. The molecule has 0 aliphatic heterocycles. The third-order valence-corrected chi connectivity index (χ3v) is 8.51. The summed E-state index contributed by atoms with van der Waals surface area (Å²) in [6.07, 6.45) is 4.01. The Morgan fingerprint density at radius 3 is 2.40 bits per heavy atom. The molecule has 0 fully saturated rings. The number of sulfonamides is 1. The Labute approximate surface area is 245 Å². The first-order chi connectivity index (χ1) is 20.5. The minimum Gasteiger partial charge on any atom is -0.455 e. The summed E-state index contributed by atoms with van der Waals surface area (Å²) in [5.41, 5.74) is 1.99. The molecular weight excluding hydrogens is 571 g/mol. The van der Waals surface area contributed by atoms with Crippen molar-refractivity contribution in [2.45, 2.75) is 0 Å². The van der Waals surface area contributed by atoms with E-state index in [1.165, 1.54) is 55.2 Å². The van der Waals surface area contributed by atoms with Gasteiger partial charge in [-0.1, -0.05) is 30.3 Å². The molecule has 2 heterocycles. The Morgan fingerprint density at radius 2 is 1.70 bits per heavy atom. The molecule has 0 saturated carbocycles. The Kier molecular flexibility index (Phi) is 6.82. The number of benzene rings is 4. The summed E-state index contributed by atoms with van der Waals surface area (Å²) in [5.74, 6) is -0.707. The van der Waals surface area contributed by atoms with Gasteiger partial charge >= 0.3 is 5.69 Å². The number of anilines is 1. The van der Waals surface area contributed by atoms with Gasteiger partial charge in [-0.3, -0.25) is 13.7 Å². The lowest BCUT2D eigenvalue weighted by molar-refractivity contribution is 0.0964. The van der Waals surface area contributed by atoms with Crippen LogP contribution in [-0.2, 0) is 10.0 Å². The molecule has 0 spiro atoms. The summed E-state index contributed by atoms with van der Waals surface area (Å²) in [6, 6.07) is 22.0. The van der Waals surface area contributed by atoms with Gasteiger partial charge in [0, 0.05) is 54.6 Å². The van der Waals surface area contributed by atoms with Crippen LogP contribution in [0.2, 0.25) is 0 Å². The van der Waals surface area contributed by atoms with Gasteiger partial charge in [0.05, 0.1) is 23.2 Å². The summed E-state index contributed by atoms with van der Waals surface area (Å²) in [6.45, 7) is 0. The molecule has 6 rings (SSSR count). The Bertz CT molecular complexity index is 2220. The van der Waals surface area contributed by atoms with Crippen LogP contribution >= 0.6 is 0 Å². The number of hydrogen-bond acceptors (Lipinski definition) is 6. The predicted octanol–water partition coefficient (Wildman–Crippen LogP) is 5.36. The number of aromatic nitrogens is 2. The van der Waals surface area contributed by atoms with Gasteiger partial charge in [-0.15, -0.1) is 0 Å². The van der Waals surface area contributed by atoms with Crippen LogP contribution in [0.3, 0.4) is 0 Å². The second-order valence-corrected chi connectivity index (χ2v) is 12.0. The van der Waals surface area contributed by atoms with Gasteiger partial charge in [-0.25, -0.2) is 22.6 Å². The first-order valence-electron chi connectivity index (χ1n) is 13.2. The van der Waals surface area contributed by atoms with Crippen molar-refractivity contribution in [3.8, 4) is 28.1 Å². The number of carbonyl (C=O) groups is 1. The van der Waals surface area contributed by atoms with Crippen LogP contribution in [0, 0.1) is 5.82 Å². The third-order valence-electron chi connectivity index (χ3n) is 7.31. The van der Waals surface area contributed by atoms with Crippen molar-refractivity contribution in [3.05, 3.63) is 113 Å². The van der Waals surface area contributed by atoms with Crippen LogP contribution in [0.5, 0.6) is 0 Å². The van der Waals surface area contributed by atoms with E-state index in [9.17, 15) is 22.4 Å². The van der Waals surface area contributed by atoms with E-state index < -0.39 is 27.4 Å². The molecule has 6 aromatic rings. The van der Waals surface area contributed by atoms with Crippen LogP contribution in [-0.4, -0.2) is 44.2 Å². The number of halogens is 1. The zero-order chi connectivity index (χ0) is 30.5. The SMILES string of the molecule is CNC(=O)c1c(-c2ccc(F)cc2)oc2cc(N(C)S(C)(=O)=O)c(-c3cnc(=O)n(-c4ccc5ccccc5c4)c3)cc12. The summed E-state index contributed by atoms with van der Waals surface area (Å²) in [4.78, 5) is 30.2. The predicted molar refractivity (Wildman–Crippen MR) is 165 cm³/mol. The molecule has 216 valence electrons. The maximum absolute atomic E-state index is 13.7. The van der Waals surface area contributed by atoms with Crippen molar-refractivity contribution in [2.75, 3.05) is 24.7 Å². The fourth-order valence-electron chi connectivity index (χ4n) is 5.02. The van der Waals surface area contributed by atoms with Crippen molar-refractivity contribution in [3.63, 3.8) is 0 Å². The number of furan rings is 1. The van der Waals surface area contributed by atoms with E-state index in [0.29, 0.717) is 27.8 Å². The van der Waals surface area contributed by atoms with Gasteiger partial charge in [0.2, 0.25) is 10.0 Å². The normalized spacial score (nSPS) is 11.6. The molecule has 43 heavy (non-hydrogen) atoms. The summed E-state index contributed by atoms with van der Waals surface area (Å²) in [7, 11) is -0.872. The zero-order valence-electron chi connectivity index (χ0n) is 23.3. The molecule has 0 aliphatic rings. The second-order valence-electron chi connectivity index (χ2n) is 10.0. The molecule has 0 radical (unpaired) electrons. The molecule has 0 unspecified atom stereocenters. The van der Waals surface area contributed by atoms with Gasteiger partial charge in [-0.05, 0) is 53.2 Å². The zero-order valence-corrected chi connectivity index (χ0v) is 24.1. The summed E-state index contributed by atoms with van der Waals surface area (Å²) in [5, 5.41) is 4.94. The largest absolute Gasteiger partial charge is 0.455 e. The highest BCUT2D eigenvalue weighted by atomic mass is 32.2. The van der Waals surface area contributed by atoms with Gasteiger partial charge < -0.3 is 9.73 Å². The number of nitrogens with one attached hydrogen (secondary N) is 1. The number of nitrogens with zero attached hydrogens (tertiary/aromatic N) is 3. The minimum absolute atomic E-state index is 0.190. The van der Waals surface area contributed by atoms with Crippen LogP contribution in [0.25, 0.3) is 49.9 Å². The number of carbonyl (C=O) groups excluding carboxylic acids is 1. The average Bonchev–Trinajstić information content (AvgIpc) is 3.38. The standard InChI is InChI=1S/C32H25FN4O5S/c1-34-31(38)29-26-15-25(22-17-35-32(39)37(18-22)24-13-10-19-6-4-5-7-21(19)14-24)27(36(2)43(3,40)41)16-28(26)42-30(29)20-8-11-23(33)12-9-20/h4-18H,1-3H3,(H,34,38). The molecule has 1 N–H and O–H groups in total. The fraction of sp³-hybridized carbons (Fsp3) is 0.0938. The molecule has 4 aromatic carbocycles. The number of amides is 1. The van der Waals surface area contributed by atoms with E-state index >= 15 is 0 Å². The Hall–Kier alpha value is -5.29. The number of hydrogen-bond donors (Lipinski definition) is 1. The maximum atomic E-state index is 13.7. The molecular formula is C32H25FN4O5S. The maximum Gasteiger partial charge on any atom is 0.352 e. The van der Waals surface area contributed by atoms with Gasteiger partial charge in [0.15, 0.2) is 0 Å². The number of rotatable bonds is 6. The van der Waals surface area contributed by atoms with Gasteiger partial charge in [0.1, 0.15) is 17.2 Å². The average molecular weight is 597 g/mol. The van der Waals surface area contributed by atoms with E-state index in [0.717, 1.165) is 21.3 Å². The highest BCUT2D eigenvalue weighted by Gasteiger charge is 2.26. The Morgan fingerprint density at radius 1 is 0.977 bits per heavy atom. The summed E-state index contributed by atoms with van der Waals surface area (Å²) < 4.78 is 47.7.